The van der Waals surface area contributed by atoms with Crippen LogP contribution in [-0.2, 0) is 4.79 Å². The molecule has 0 spiro atoms. The topological polar surface area (TPSA) is 61.6 Å². The zero-order valence-electron chi connectivity index (χ0n) is 13.3. The number of carbonyl (C=O) groups is 1. The molecule has 1 saturated heterocycles. The molecule has 0 unspecified atom stereocenters. The summed E-state index contributed by atoms with van der Waals surface area (Å²) >= 11 is 0. The fourth-order valence-electron chi connectivity index (χ4n) is 2.69. The molecule has 1 fully saturated rings. The van der Waals surface area contributed by atoms with Crippen LogP contribution in [0.3, 0.4) is 0 Å². The molecule has 0 radical (unpaired) electrons. The SMILES string of the molecule is Cc1cc(NC(=O)CN2CCN(c3ccc(F)cc3F)CC2)on1. The van der Waals surface area contributed by atoms with Gasteiger partial charge in [0.25, 0.3) is 0 Å². The van der Waals surface area contributed by atoms with Crippen LogP contribution in [0.1, 0.15) is 5.69 Å². The number of rotatable bonds is 4. The summed E-state index contributed by atoms with van der Waals surface area (Å²) in [5.41, 5.74) is 1.08. The lowest BCUT2D eigenvalue weighted by molar-refractivity contribution is -0.117. The maximum absolute atomic E-state index is 13.8. The number of carbonyl (C=O) groups excluding carboxylic acids is 1. The van der Waals surface area contributed by atoms with Crippen molar-refractivity contribution in [2.75, 3.05) is 42.9 Å². The Morgan fingerprint density at radius 3 is 2.62 bits per heavy atom. The molecule has 1 aromatic heterocycles. The molecule has 0 atom stereocenters. The minimum absolute atomic E-state index is 0.187. The minimum atomic E-state index is -0.589. The molecule has 128 valence electrons. The summed E-state index contributed by atoms with van der Waals surface area (Å²) in [5.74, 6) is -1.02. The molecule has 3 rings (SSSR count). The van der Waals surface area contributed by atoms with Gasteiger partial charge >= 0.3 is 0 Å². The second kappa shape index (κ2) is 6.96. The van der Waals surface area contributed by atoms with Crippen LogP contribution in [0.5, 0.6) is 0 Å². The fourth-order valence-corrected chi connectivity index (χ4v) is 2.69. The van der Waals surface area contributed by atoms with E-state index in [9.17, 15) is 13.6 Å². The first-order valence-electron chi connectivity index (χ1n) is 7.67. The Kier molecular flexibility index (Phi) is 4.75. The number of aromatic nitrogens is 1. The Hall–Kier alpha value is -2.48. The van der Waals surface area contributed by atoms with Crippen molar-refractivity contribution in [3.63, 3.8) is 0 Å². The lowest BCUT2D eigenvalue weighted by atomic mass is 10.2. The van der Waals surface area contributed by atoms with Gasteiger partial charge in [0.2, 0.25) is 11.8 Å². The number of amides is 1. The number of hydrogen-bond donors (Lipinski definition) is 1. The molecule has 2 aromatic rings. The van der Waals surface area contributed by atoms with Crippen molar-refractivity contribution in [1.29, 1.82) is 0 Å². The van der Waals surface area contributed by atoms with Crippen molar-refractivity contribution in [2.24, 2.45) is 0 Å². The number of nitrogens with one attached hydrogen (secondary N) is 1. The molecule has 6 nitrogen and oxygen atoms in total. The van der Waals surface area contributed by atoms with E-state index in [0.29, 0.717) is 43.4 Å². The third kappa shape index (κ3) is 3.88. The number of benzene rings is 1. The highest BCUT2D eigenvalue weighted by molar-refractivity contribution is 5.90. The Bertz CT molecular complexity index is 727. The van der Waals surface area contributed by atoms with E-state index in [4.69, 9.17) is 4.52 Å². The van der Waals surface area contributed by atoms with E-state index in [-0.39, 0.29) is 12.5 Å². The number of anilines is 2. The highest BCUT2D eigenvalue weighted by atomic mass is 19.1. The van der Waals surface area contributed by atoms with Crippen LogP contribution < -0.4 is 10.2 Å². The summed E-state index contributed by atoms with van der Waals surface area (Å²) in [4.78, 5) is 15.8. The van der Waals surface area contributed by atoms with E-state index >= 15 is 0 Å². The predicted octanol–water partition coefficient (Wildman–Crippen LogP) is 2.02. The molecule has 0 aliphatic carbocycles. The molecule has 24 heavy (non-hydrogen) atoms. The summed E-state index contributed by atoms with van der Waals surface area (Å²) in [6, 6.07) is 5.22. The first-order chi connectivity index (χ1) is 11.5. The molecule has 1 aromatic carbocycles. The van der Waals surface area contributed by atoms with E-state index in [0.717, 1.165) is 6.07 Å². The van der Waals surface area contributed by atoms with E-state index in [1.54, 1.807) is 13.0 Å². The summed E-state index contributed by atoms with van der Waals surface area (Å²) in [6.07, 6.45) is 0. The maximum atomic E-state index is 13.8. The standard InChI is InChI=1S/C16H18F2N4O2/c1-11-8-16(24-20-11)19-15(23)10-21-4-6-22(7-5-21)14-3-2-12(17)9-13(14)18/h2-3,8-9H,4-7,10H2,1H3,(H,19,23). The average molecular weight is 336 g/mol. The van der Waals surface area contributed by atoms with Gasteiger partial charge in [0, 0.05) is 38.3 Å². The van der Waals surface area contributed by atoms with E-state index in [1.807, 2.05) is 9.80 Å². The molecule has 1 aliphatic heterocycles. The van der Waals surface area contributed by atoms with Gasteiger partial charge in [-0.15, -0.1) is 0 Å². The Balaban J connectivity index is 1.50. The van der Waals surface area contributed by atoms with Crippen molar-refractivity contribution in [3.8, 4) is 0 Å². The van der Waals surface area contributed by atoms with Gasteiger partial charge in [-0.3, -0.25) is 15.0 Å². The molecule has 1 aliphatic rings. The van der Waals surface area contributed by atoms with Crippen molar-refractivity contribution in [2.45, 2.75) is 6.92 Å². The highest BCUT2D eigenvalue weighted by Gasteiger charge is 2.21. The van der Waals surface area contributed by atoms with Gasteiger partial charge < -0.3 is 9.42 Å². The van der Waals surface area contributed by atoms with Crippen LogP contribution in [0, 0.1) is 18.6 Å². The van der Waals surface area contributed by atoms with Gasteiger partial charge in [0.05, 0.1) is 17.9 Å². The van der Waals surface area contributed by atoms with Crippen molar-refractivity contribution >= 4 is 17.5 Å². The Morgan fingerprint density at radius 2 is 2.00 bits per heavy atom. The average Bonchev–Trinajstić information content (AvgIpc) is 2.93. The number of hydrogen-bond acceptors (Lipinski definition) is 5. The van der Waals surface area contributed by atoms with Crippen LogP contribution in [-0.4, -0.2) is 48.7 Å². The number of piperazine rings is 1. The quantitative estimate of drug-likeness (QED) is 0.926. The van der Waals surface area contributed by atoms with Crippen LogP contribution >= 0.6 is 0 Å². The fraction of sp³-hybridized carbons (Fsp3) is 0.375. The van der Waals surface area contributed by atoms with Gasteiger partial charge in [-0.2, -0.15) is 0 Å². The lowest BCUT2D eigenvalue weighted by Crippen LogP contribution is -2.48. The third-order valence-electron chi connectivity index (χ3n) is 3.88. The maximum Gasteiger partial charge on any atom is 0.240 e. The summed E-state index contributed by atoms with van der Waals surface area (Å²) in [7, 11) is 0. The zero-order valence-corrected chi connectivity index (χ0v) is 13.3. The first-order valence-corrected chi connectivity index (χ1v) is 7.67. The normalized spacial score (nSPS) is 15.5. The molecular formula is C16H18F2N4O2. The van der Waals surface area contributed by atoms with Gasteiger partial charge in [-0.25, -0.2) is 8.78 Å². The van der Waals surface area contributed by atoms with Crippen LogP contribution in [0.2, 0.25) is 0 Å². The van der Waals surface area contributed by atoms with E-state index < -0.39 is 11.6 Å². The first kappa shape index (κ1) is 16.4. The molecule has 1 amide bonds. The second-order valence-electron chi connectivity index (χ2n) is 5.74. The van der Waals surface area contributed by atoms with Crippen LogP contribution in [0.4, 0.5) is 20.4 Å². The number of halogens is 2. The summed E-state index contributed by atoms with van der Waals surface area (Å²) < 4.78 is 31.7. The Labute approximate surface area is 138 Å². The van der Waals surface area contributed by atoms with Crippen molar-refractivity contribution in [3.05, 3.63) is 41.6 Å². The van der Waals surface area contributed by atoms with Crippen molar-refractivity contribution < 1.29 is 18.1 Å². The lowest BCUT2D eigenvalue weighted by Gasteiger charge is -2.35. The monoisotopic (exact) mass is 336 g/mol. The van der Waals surface area contributed by atoms with Crippen LogP contribution in [0.25, 0.3) is 0 Å². The molecule has 1 N–H and O–H groups in total. The van der Waals surface area contributed by atoms with Gasteiger partial charge in [-0.1, -0.05) is 5.16 Å². The smallest absolute Gasteiger partial charge is 0.240 e. The van der Waals surface area contributed by atoms with Gasteiger partial charge in [0.1, 0.15) is 11.6 Å². The zero-order chi connectivity index (χ0) is 17.1. The summed E-state index contributed by atoms with van der Waals surface area (Å²) in [6.45, 7) is 4.35. The number of nitrogens with zero attached hydrogens (tertiary/aromatic N) is 3. The van der Waals surface area contributed by atoms with E-state index in [1.165, 1.54) is 12.1 Å². The minimum Gasteiger partial charge on any atom is -0.367 e. The van der Waals surface area contributed by atoms with Gasteiger partial charge in [-0.05, 0) is 19.1 Å². The molecule has 0 bridgehead atoms. The molecule has 0 saturated carbocycles. The molecule has 8 heteroatoms. The second-order valence-corrected chi connectivity index (χ2v) is 5.74. The molecule has 2 heterocycles. The van der Waals surface area contributed by atoms with Crippen LogP contribution in [0.15, 0.2) is 28.8 Å². The largest absolute Gasteiger partial charge is 0.367 e. The number of aryl methyl sites for hydroxylation is 1. The van der Waals surface area contributed by atoms with Gasteiger partial charge in [0.15, 0.2) is 0 Å². The highest BCUT2D eigenvalue weighted by Crippen LogP contribution is 2.21. The van der Waals surface area contributed by atoms with E-state index in [2.05, 4.69) is 10.5 Å². The molecular weight excluding hydrogens is 318 g/mol. The summed E-state index contributed by atoms with van der Waals surface area (Å²) in [5, 5.41) is 6.35. The third-order valence-corrected chi connectivity index (χ3v) is 3.88. The van der Waals surface area contributed by atoms with Crippen molar-refractivity contribution in [1.82, 2.24) is 10.1 Å². The predicted molar refractivity (Wildman–Crippen MR) is 84.9 cm³/mol. The Morgan fingerprint density at radius 1 is 1.25 bits per heavy atom.